The predicted molar refractivity (Wildman–Crippen MR) is 140 cm³/mol. The van der Waals surface area contributed by atoms with Crippen molar-refractivity contribution < 1.29 is 4.74 Å². The molecular formula is C28H45N3OSn. The van der Waals surface area contributed by atoms with Gasteiger partial charge in [-0.3, -0.25) is 0 Å². The van der Waals surface area contributed by atoms with E-state index in [9.17, 15) is 0 Å². The third-order valence-electron chi connectivity index (χ3n) is 7.32. The van der Waals surface area contributed by atoms with Crippen LogP contribution in [0, 0.1) is 12.8 Å². The van der Waals surface area contributed by atoms with E-state index in [0.717, 1.165) is 32.6 Å². The third-order valence-corrected chi connectivity index (χ3v) is 12.6. The van der Waals surface area contributed by atoms with Crippen molar-refractivity contribution in [1.29, 1.82) is 0 Å². The number of hydrogen-bond donors (Lipinski definition) is 0. The molecule has 33 heavy (non-hydrogen) atoms. The quantitative estimate of drug-likeness (QED) is 0.241. The van der Waals surface area contributed by atoms with Crippen molar-refractivity contribution in [3.05, 3.63) is 29.8 Å². The average Bonchev–Trinajstić information content (AvgIpc) is 3.22. The molecule has 0 N–H and O–H groups in total. The van der Waals surface area contributed by atoms with Gasteiger partial charge in [0, 0.05) is 0 Å². The fourth-order valence-corrected chi connectivity index (χ4v) is 10.5. The fraction of sp³-hybridized carbons (Fsp3) is 0.714. The molecule has 4 nitrogen and oxygen atoms in total. The van der Waals surface area contributed by atoms with Crippen molar-refractivity contribution in [2.24, 2.45) is 5.92 Å². The van der Waals surface area contributed by atoms with E-state index in [4.69, 9.17) is 15.0 Å². The Balaban J connectivity index is 1.98. The molecule has 2 heterocycles. The standard InChI is InChI=1S/C15H18N3O.C13H27.Sn/c1-12-4-2-3-5-14(12)15-10-16-17-18(15)11-13-6-8-19-9-7-13;1-4-7-10-13(11-8-5-2)12-9-6-3;/h2-5,13H,6-9,11H2,1H3;4-12H2,1-3H3;. The van der Waals surface area contributed by atoms with Crippen LogP contribution in [-0.4, -0.2) is 49.3 Å². The van der Waals surface area contributed by atoms with Crippen LogP contribution in [0.15, 0.2) is 24.3 Å². The molecule has 1 aromatic carbocycles. The summed E-state index contributed by atoms with van der Waals surface area (Å²) in [6, 6.07) is 8.87. The van der Waals surface area contributed by atoms with E-state index in [0.29, 0.717) is 9.35 Å². The third kappa shape index (κ3) is 7.55. The van der Waals surface area contributed by atoms with Crippen LogP contribution < -0.4 is 3.71 Å². The zero-order chi connectivity index (χ0) is 23.5. The molecule has 1 saturated heterocycles. The van der Waals surface area contributed by atoms with Gasteiger partial charge in [0.25, 0.3) is 0 Å². The van der Waals surface area contributed by atoms with Crippen molar-refractivity contribution in [3.8, 4) is 11.3 Å². The molecule has 0 aliphatic carbocycles. The summed E-state index contributed by atoms with van der Waals surface area (Å²) in [5.74, 6) is 0.645. The summed E-state index contributed by atoms with van der Waals surface area (Å²) < 4.78 is 9.80. The van der Waals surface area contributed by atoms with Crippen LogP contribution in [0.3, 0.4) is 0 Å². The topological polar surface area (TPSA) is 39.9 Å². The maximum atomic E-state index is 5.62. The van der Waals surface area contributed by atoms with Crippen LogP contribution in [0.2, 0.25) is 3.43 Å². The van der Waals surface area contributed by atoms with Crippen molar-refractivity contribution in [1.82, 2.24) is 15.0 Å². The van der Waals surface area contributed by atoms with E-state index in [1.807, 2.05) is 0 Å². The second-order valence-electron chi connectivity index (χ2n) is 10.1. The van der Waals surface area contributed by atoms with Gasteiger partial charge in [-0.25, -0.2) is 0 Å². The monoisotopic (exact) mass is 559 g/mol. The number of aryl methyl sites for hydroxylation is 1. The minimum absolute atomic E-state index is 0.516. The van der Waals surface area contributed by atoms with Gasteiger partial charge in [-0.2, -0.15) is 0 Å². The molecule has 0 spiro atoms. The van der Waals surface area contributed by atoms with Gasteiger partial charge in [0.1, 0.15) is 0 Å². The molecule has 0 bridgehead atoms. The first-order valence-corrected chi connectivity index (χ1v) is 16.3. The van der Waals surface area contributed by atoms with Crippen LogP contribution >= 0.6 is 0 Å². The maximum absolute atomic E-state index is 5.62. The fourth-order valence-electron chi connectivity index (χ4n) is 5.16. The van der Waals surface area contributed by atoms with Crippen molar-refractivity contribution in [2.45, 2.75) is 108 Å². The second-order valence-corrected chi connectivity index (χ2v) is 15.1. The van der Waals surface area contributed by atoms with E-state index in [1.54, 1.807) is 0 Å². The van der Waals surface area contributed by atoms with Crippen molar-refractivity contribution in [2.75, 3.05) is 13.2 Å². The molecule has 0 amide bonds. The molecule has 1 aliphatic heterocycles. The van der Waals surface area contributed by atoms with Gasteiger partial charge in [-0.15, -0.1) is 0 Å². The predicted octanol–water partition coefficient (Wildman–Crippen LogP) is 6.74. The number of aromatic nitrogens is 3. The van der Waals surface area contributed by atoms with E-state index in [1.165, 1.54) is 78.3 Å². The SMILES string of the molecule is CCCC[C](CCCC)(CCCC)[Sn][c]1nnn(CC2CCOCC2)c1-c1ccccc1C. The van der Waals surface area contributed by atoms with Gasteiger partial charge >= 0.3 is 213 Å². The Morgan fingerprint density at radius 2 is 1.58 bits per heavy atom. The number of rotatable bonds is 14. The number of hydrogen-bond acceptors (Lipinski definition) is 3. The molecular weight excluding hydrogens is 513 g/mol. The van der Waals surface area contributed by atoms with Crippen LogP contribution in [-0.2, 0) is 11.3 Å². The summed E-state index contributed by atoms with van der Waals surface area (Å²) in [4.78, 5) is 0. The Bertz CT molecular complexity index is 807. The molecule has 2 aromatic rings. The van der Waals surface area contributed by atoms with Gasteiger partial charge in [0.2, 0.25) is 0 Å². The van der Waals surface area contributed by atoms with E-state index in [-0.39, 0.29) is 0 Å². The van der Waals surface area contributed by atoms with E-state index < -0.39 is 21.1 Å². The van der Waals surface area contributed by atoms with E-state index >= 15 is 0 Å². The van der Waals surface area contributed by atoms with Crippen LogP contribution in [0.25, 0.3) is 11.3 Å². The van der Waals surface area contributed by atoms with Gasteiger partial charge in [0.15, 0.2) is 0 Å². The molecule has 0 unspecified atom stereocenters. The minimum atomic E-state index is -0.960. The summed E-state index contributed by atoms with van der Waals surface area (Å²) >= 11 is -0.960. The van der Waals surface area contributed by atoms with Crippen molar-refractivity contribution >= 4 is 24.9 Å². The molecule has 2 radical (unpaired) electrons. The Hall–Kier alpha value is -0.881. The molecule has 182 valence electrons. The van der Waals surface area contributed by atoms with Crippen molar-refractivity contribution in [3.63, 3.8) is 0 Å². The van der Waals surface area contributed by atoms with Gasteiger partial charge < -0.3 is 0 Å². The summed E-state index contributed by atoms with van der Waals surface area (Å²) in [5.41, 5.74) is 4.04. The van der Waals surface area contributed by atoms with Crippen LogP contribution in [0.1, 0.15) is 97.0 Å². The Kier molecular flexibility index (Phi) is 11.2. The number of benzene rings is 1. The first-order valence-electron chi connectivity index (χ1n) is 13.5. The summed E-state index contributed by atoms with van der Waals surface area (Å²) in [7, 11) is 0. The normalized spacial score (nSPS) is 15.3. The molecule has 5 heteroatoms. The number of ether oxygens (including phenoxy) is 1. The Morgan fingerprint density at radius 1 is 0.970 bits per heavy atom. The Morgan fingerprint density at radius 3 is 2.15 bits per heavy atom. The second kappa shape index (κ2) is 13.9. The zero-order valence-corrected chi connectivity index (χ0v) is 24.4. The van der Waals surface area contributed by atoms with Gasteiger partial charge in [0.05, 0.1) is 0 Å². The summed E-state index contributed by atoms with van der Waals surface area (Å²) in [6.07, 6.45) is 14.4. The summed E-state index contributed by atoms with van der Waals surface area (Å²) in [6.45, 7) is 12.0. The molecule has 0 saturated carbocycles. The molecule has 1 aliphatic rings. The average molecular weight is 558 g/mol. The van der Waals surface area contributed by atoms with Crippen LogP contribution in [0.4, 0.5) is 0 Å². The molecule has 3 rings (SSSR count). The molecule has 1 fully saturated rings. The Labute approximate surface area is 212 Å². The van der Waals surface area contributed by atoms with Crippen LogP contribution in [0.5, 0.6) is 0 Å². The van der Waals surface area contributed by atoms with E-state index in [2.05, 4.69) is 56.6 Å². The zero-order valence-electron chi connectivity index (χ0n) is 21.5. The number of unbranched alkanes of at least 4 members (excludes halogenated alkanes) is 3. The van der Waals surface area contributed by atoms with Gasteiger partial charge in [-0.1, -0.05) is 0 Å². The van der Waals surface area contributed by atoms with Gasteiger partial charge in [-0.05, 0) is 0 Å². The summed E-state index contributed by atoms with van der Waals surface area (Å²) in [5, 5.41) is 9.79. The molecule has 0 atom stereocenters. The number of nitrogens with zero attached hydrogens (tertiary/aromatic N) is 3. The molecule has 1 aromatic heterocycles. The first-order chi connectivity index (χ1) is 16.1. The first kappa shape index (κ1) is 26.7.